The van der Waals surface area contributed by atoms with Crippen LogP contribution in [-0.4, -0.2) is 18.4 Å². The SMILES string of the molecule is Cc1ncc(S(=O)(=O)Nc2c(Br)cccc2Br)[nH]1. The van der Waals surface area contributed by atoms with Gasteiger partial charge in [-0.25, -0.2) is 4.98 Å². The van der Waals surface area contributed by atoms with Crippen molar-refractivity contribution >= 4 is 47.6 Å². The Bertz CT molecular complexity index is 662. The fraction of sp³-hybridized carbons (Fsp3) is 0.100. The third kappa shape index (κ3) is 2.76. The standard InChI is InChI=1S/C10H9Br2N3O2S/c1-6-13-5-9(14-6)18(16,17)15-10-7(11)3-2-4-8(10)12/h2-5,15H,1H3,(H,13,14). The number of hydrogen-bond donors (Lipinski definition) is 2. The van der Waals surface area contributed by atoms with Crippen LogP contribution in [0.25, 0.3) is 0 Å². The Morgan fingerprint density at radius 3 is 2.39 bits per heavy atom. The lowest BCUT2D eigenvalue weighted by atomic mass is 10.3. The average molecular weight is 395 g/mol. The smallest absolute Gasteiger partial charge is 0.279 e. The molecule has 0 unspecified atom stereocenters. The van der Waals surface area contributed by atoms with Gasteiger partial charge in [0, 0.05) is 8.95 Å². The van der Waals surface area contributed by atoms with E-state index in [0.29, 0.717) is 20.5 Å². The molecule has 0 aliphatic rings. The first kappa shape index (κ1) is 13.6. The summed E-state index contributed by atoms with van der Waals surface area (Å²) < 4.78 is 28.0. The number of sulfonamides is 1. The number of rotatable bonds is 3. The molecule has 2 rings (SSSR count). The molecule has 0 radical (unpaired) electrons. The zero-order chi connectivity index (χ0) is 13.3. The first-order chi connectivity index (χ1) is 8.40. The van der Waals surface area contributed by atoms with Crippen LogP contribution in [0.2, 0.25) is 0 Å². The zero-order valence-electron chi connectivity index (χ0n) is 9.24. The second-order valence-corrected chi connectivity index (χ2v) is 6.89. The molecule has 0 spiro atoms. The Balaban J connectivity index is 2.40. The van der Waals surface area contributed by atoms with E-state index in [2.05, 4.69) is 46.5 Å². The van der Waals surface area contributed by atoms with Crippen LogP contribution >= 0.6 is 31.9 Å². The van der Waals surface area contributed by atoms with Gasteiger partial charge in [-0.05, 0) is 50.9 Å². The van der Waals surface area contributed by atoms with Gasteiger partial charge in [0.15, 0.2) is 5.03 Å². The van der Waals surface area contributed by atoms with Gasteiger partial charge in [0.05, 0.1) is 11.9 Å². The first-order valence-corrected chi connectivity index (χ1v) is 7.95. The van der Waals surface area contributed by atoms with Crippen LogP contribution in [0.3, 0.4) is 0 Å². The molecule has 1 aromatic carbocycles. The van der Waals surface area contributed by atoms with E-state index >= 15 is 0 Å². The van der Waals surface area contributed by atoms with Crippen LogP contribution in [0.4, 0.5) is 5.69 Å². The van der Waals surface area contributed by atoms with Crippen LogP contribution in [0.5, 0.6) is 0 Å². The highest BCUT2D eigenvalue weighted by Crippen LogP contribution is 2.32. The molecule has 96 valence electrons. The molecule has 8 heteroatoms. The third-order valence-electron chi connectivity index (χ3n) is 2.17. The monoisotopic (exact) mass is 393 g/mol. The molecule has 0 amide bonds. The van der Waals surface area contributed by atoms with Crippen LogP contribution in [0.15, 0.2) is 38.4 Å². The minimum Gasteiger partial charge on any atom is -0.332 e. The van der Waals surface area contributed by atoms with Gasteiger partial charge in [0.25, 0.3) is 10.0 Å². The fourth-order valence-corrected chi connectivity index (χ4v) is 3.85. The van der Waals surface area contributed by atoms with Crippen molar-refractivity contribution < 1.29 is 8.42 Å². The highest BCUT2D eigenvalue weighted by Gasteiger charge is 2.19. The molecule has 2 N–H and O–H groups in total. The molecule has 0 bridgehead atoms. The summed E-state index contributed by atoms with van der Waals surface area (Å²) in [6, 6.07) is 5.30. The second kappa shape index (κ2) is 5.02. The summed E-state index contributed by atoms with van der Waals surface area (Å²) in [7, 11) is -3.67. The Hall–Kier alpha value is -0.860. The number of halogens is 2. The van der Waals surface area contributed by atoms with E-state index in [1.54, 1.807) is 25.1 Å². The summed E-state index contributed by atoms with van der Waals surface area (Å²) in [6.07, 6.45) is 1.28. The molecule has 5 nitrogen and oxygen atoms in total. The summed E-state index contributed by atoms with van der Waals surface area (Å²) >= 11 is 6.59. The number of hydrogen-bond acceptors (Lipinski definition) is 3. The van der Waals surface area contributed by atoms with Crippen molar-refractivity contribution in [1.29, 1.82) is 0 Å². The van der Waals surface area contributed by atoms with Gasteiger partial charge in [-0.15, -0.1) is 0 Å². The number of aryl methyl sites for hydroxylation is 1. The van der Waals surface area contributed by atoms with Gasteiger partial charge < -0.3 is 4.98 Å². The summed E-state index contributed by atoms with van der Waals surface area (Å²) in [6.45, 7) is 1.69. The highest BCUT2D eigenvalue weighted by molar-refractivity contribution is 9.11. The number of aromatic amines is 1. The molecule has 0 saturated carbocycles. The summed E-state index contributed by atoms with van der Waals surface area (Å²) in [5.41, 5.74) is 0.449. The molecular formula is C10H9Br2N3O2S. The van der Waals surface area contributed by atoms with Crippen molar-refractivity contribution in [1.82, 2.24) is 9.97 Å². The van der Waals surface area contributed by atoms with Crippen LogP contribution in [0, 0.1) is 6.92 Å². The van der Waals surface area contributed by atoms with E-state index in [1.807, 2.05) is 0 Å². The number of nitrogens with one attached hydrogen (secondary N) is 2. The van der Waals surface area contributed by atoms with Gasteiger partial charge in [0.1, 0.15) is 5.82 Å². The number of aromatic nitrogens is 2. The lowest BCUT2D eigenvalue weighted by Crippen LogP contribution is -2.14. The van der Waals surface area contributed by atoms with Gasteiger partial charge in [-0.3, -0.25) is 4.72 Å². The van der Waals surface area contributed by atoms with E-state index in [-0.39, 0.29) is 5.03 Å². The Labute approximate surface area is 121 Å². The topological polar surface area (TPSA) is 74.8 Å². The number of para-hydroxylation sites is 1. The zero-order valence-corrected chi connectivity index (χ0v) is 13.2. The number of anilines is 1. The van der Waals surface area contributed by atoms with Crippen molar-refractivity contribution in [2.24, 2.45) is 0 Å². The Kier molecular flexibility index (Phi) is 3.79. The molecule has 0 aliphatic carbocycles. The van der Waals surface area contributed by atoms with Crippen molar-refractivity contribution in [3.8, 4) is 0 Å². The number of nitrogens with zero attached hydrogens (tertiary/aromatic N) is 1. The Morgan fingerprint density at radius 2 is 1.89 bits per heavy atom. The molecule has 18 heavy (non-hydrogen) atoms. The normalized spacial score (nSPS) is 11.5. The lowest BCUT2D eigenvalue weighted by molar-refractivity contribution is 0.598. The molecule has 0 fully saturated rings. The summed E-state index contributed by atoms with van der Waals surface area (Å²) in [5, 5.41) is 0.0302. The van der Waals surface area contributed by atoms with E-state index in [1.165, 1.54) is 6.20 Å². The van der Waals surface area contributed by atoms with Gasteiger partial charge in [-0.1, -0.05) is 6.07 Å². The first-order valence-electron chi connectivity index (χ1n) is 4.88. The van der Waals surface area contributed by atoms with E-state index < -0.39 is 10.0 Å². The van der Waals surface area contributed by atoms with E-state index in [0.717, 1.165) is 0 Å². The number of imidazole rings is 1. The summed E-state index contributed by atoms with van der Waals surface area (Å²) in [5.74, 6) is 0.543. The largest absolute Gasteiger partial charge is 0.332 e. The van der Waals surface area contributed by atoms with Crippen molar-refractivity contribution in [2.45, 2.75) is 11.9 Å². The van der Waals surface area contributed by atoms with Gasteiger partial charge >= 0.3 is 0 Å². The van der Waals surface area contributed by atoms with Crippen molar-refractivity contribution in [3.05, 3.63) is 39.2 Å². The van der Waals surface area contributed by atoms with E-state index in [4.69, 9.17) is 0 Å². The molecule has 2 aromatic rings. The predicted octanol–water partition coefficient (Wildman–Crippen LogP) is 3.04. The minimum atomic E-state index is -3.67. The van der Waals surface area contributed by atoms with Crippen LogP contribution in [0.1, 0.15) is 5.82 Å². The third-order valence-corrected chi connectivity index (χ3v) is 4.75. The van der Waals surface area contributed by atoms with Crippen molar-refractivity contribution in [3.63, 3.8) is 0 Å². The molecule has 1 aromatic heterocycles. The quantitative estimate of drug-likeness (QED) is 0.839. The highest BCUT2D eigenvalue weighted by atomic mass is 79.9. The Morgan fingerprint density at radius 1 is 1.28 bits per heavy atom. The maximum atomic E-state index is 12.1. The van der Waals surface area contributed by atoms with Gasteiger partial charge in [0.2, 0.25) is 0 Å². The maximum absolute atomic E-state index is 12.1. The molecule has 0 aliphatic heterocycles. The summed E-state index contributed by atoms with van der Waals surface area (Å²) in [4.78, 5) is 6.55. The maximum Gasteiger partial charge on any atom is 0.279 e. The predicted molar refractivity (Wildman–Crippen MR) is 76.0 cm³/mol. The number of H-pyrrole nitrogens is 1. The lowest BCUT2D eigenvalue weighted by Gasteiger charge is -2.10. The molecular weight excluding hydrogens is 386 g/mol. The van der Waals surface area contributed by atoms with Crippen LogP contribution in [-0.2, 0) is 10.0 Å². The van der Waals surface area contributed by atoms with Gasteiger partial charge in [-0.2, -0.15) is 8.42 Å². The minimum absolute atomic E-state index is 0.0302. The fourth-order valence-electron chi connectivity index (χ4n) is 1.32. The molecule has 0 atom stereocenters. The number of benzene rings is 1. The van der Waals surface area contributed by atoms with E-state index in [9.17, 15) is 8.42 Å². The van der Waals surface area contributed by atoms with Crippen LogP contribution < -0.4 is 4.72 Å². The second-order valence-electron chi connectivity index (χ2n) is 3.54. The average Bonchev–Trinajstić information content (AvgIpc) is 2.71. The molecule has 0 saturated heterocycles. The molecule has 1 heterocycles. The van der Waals surface area contributed by atoms with Crippen molar-refractivity contribution in [2.75, 3.05) is 4.72 Å².